The molecule has 8 heteroatoms. The lowest BCUT2D eigenvalue weighted by Crippen LogP contribution is -2.26. The van der Waals surface area contributed by atoms with Gasteiger partial charge in [0.05, 0.1) is 15.7 Å². The van der Waals surface area contributed by atoms with Crippen molar-refractivity contribution >= 4 is 43.8 Å². The molecule has 0 fully saturated rings. The molecule has 25 heavy (non-hydrogen) atoms. The maximum atomic E-state index is 12.4. The third-order valence-electron chi connectivity index (χ3n) is 3.54. The average molecular weight is 473 g/mol. The van der Waals surface area contributed by atoms with Gasteiger partial charge in [0.25, 0.3) is 5.56 Å². The SMILES string of the molecule is CC(=O)OCc1c(Br)cc(Br)c(=O)n1CCc1ccc(C(=O)O)cc1. The van der Waals surface area contributed by atoms with Gasteiger partial charge in [-0.1, -0.05) is 12.1 Å². The van der Waals surface area contributed by atoms with Gasteiger partial charge in [0.1, 0.15) is 6.61 Å². The first-order valence-corrected chi connectivity index (χ1v) is 8.91. The lowest BCUT2D eigenvalue weighted by molar-refractivity contribution is -0.142. The van der Waals surface area contributed by atoms with Crippen LogP contribution >= 0.6 is 31.9 Å². The van der Waals surface area contributed by atoms with Crippen molar-refractivity contribution in [1.29, 1.82) is 0 Å². The first kappa shape index (κ1) is 19.4. The molecule has 0 unspecified atom stereocenters. The molecule has 0 bridgehead atoms. The number of pyridine rings is 1. The molecule has 0 atom stereocenters. The van der Waals surface area contributed by atoms with Crippen molar-refractivity contribution in [3.05, 3.63) is 66.5 Å². The molecule has 0 aliphatic rings. The lowest BCUT2D eigenvalue weighted by Gasteiger charge is -2.15. The van der Waals surface area contributed by atoms with E-state index in [-0.39, 0.29) is 17.7 Å². The van der Waals surface area contributed by atoms with Crippen LogP contribution in [-0.2, 0) is 29.1 Å². The molecule has 1 N–H and O–H groups in total. The Balaban J connectivity index is 2.26. The number of aromatic carboxylic acids is 1. The summed E-state index contributed by atoms with van der Waals surface area (Å²) in [5.74, 6) is -1.42. The average Bonchev–Trinajstić information content (AvgIpc) is 2.56. The van der Waals surface area contributed by atoms with Crippen LogP contribution < -0.4 is 5.56 Å². The Morgan fingerprint density at radius 3 is 2.36 bits per heavy atom. The smallest absolute Gasteiger partial charge is 0.335 e. The van der Waals surface area contributed by atoms with Gasteiger partial charge in [-0.05, 0) is 62.0 Å². The summed E-state index contributed by atoms with van der Waals surface area (Å²) in [4.78, 5) is 34.4. The molecular formula is C17H15Br2NO5. The number of ether oxygens (including phenoxy) is 1. The number of hydrogen-bond donors (Lipinski definition) is 1. The highest BCUT2D eigenvalue weighted by Crippen LogP contribution is 2.20. The number of hydrogen-bond acceptors (Lipinski definition) is 4. The molecule has 0 radical (unpaired) electrons. The molecule has 0 aliphatic carbocycles. The quantitative estimate of drug-likeness (QED) is 0.651. The summed E-state index contributed by atoms with van der Waals surface area (Å²) >= 11 is 6.61. The van der Waals surface area contributed by atoms with Crippen LogP contribution in [-0.4, -0.2) is 21.6 Å². The highest BCUT2D eigenvalue weighted by Gasteiger charge is 2.14. The van der Waals surface area contributed by atoms with Crippen molar-refractivity contribution in [1.82, 2.24) is 4.57 Å². The molecule has 2 aromatic rings. The van der Waals surface area contributed by atoms with E-state index in [4.69, 9.17) is 9.84 Å². The Morgan fingerprint density at radius 1 is 1.16 bits per heavy atom. The van der Waals surface area contributed by atoms with E-state index in [1.807, 2.05) is 0 Å². The molecule has 0 saturated carbocycles. The number of carbonyl (C=O) groups excluding carboxylic acids is 1. The first-order valence-electron chi connectivity index (χ1n) is 7.33. The van der Waals surface area contributed by atoms with E-state index >= 15 is 0 Å². The van der Waals surface area contributed by atoms with Crippen LogP contribution in [0.3, 0.4) is 0 Å². The Hall–Kier alpha value is -1.93. The molecule has 2 rings (SSSR count). The number of carboxylic acids is 1. The summed E-state index contributed by atoms with van der Waals surface area (Å²) in [6.07, 6.45) is 0.524. The van der Waals surface area contributed by atoms with Crippen LogP contribution in [0.25, 0.3) is 0 Å². The number of benzene rings is 1. The summed E-state index contributed by atoms with van der Waals surface area (Å²) in [7, 11) is 0. The van der Waals surface area contributed by atoms with Gasteiger partial charge in [0.2, 0.25) is 0 Å². The van der Waals surface area contributed by atoms with E-state index in [1.165, 1.54) is 23.6 Å². The zero-order valence-electron chi connectivity index (χ0n) is 13.3. The molecule has 1 aromatic heterocycles. The Kier molecular flexibility index (Phi) is 6.55. The number of esters is 1. The second kappa shape index (κ2) is 8.44. The lowest BCUT2D eigenvalue weighted by atomic mass is 10.1. The van der Waals surface area contributed by atoms with Gasteiger partial charge in [-0.25, -0.2) is 4.79 Å². The van der Waals surface area contributed by atoms with Gasteiger partial charge in [-0.15, -0.1) is 0 Å². The highest BCUT2D eigenvalue weighted by molar-refractivity contribution is 9.11. The predicted octanol–water partition coefficient (Wildman–Crippen LogP) is 3.38. The van der Waals surface area contributed by atoms with Crippen LogP contribution in [0.5, 0.6) is 0 Å². The van der Waals surface area contributed by atoms with Gasteiger partial charge in [-0.3, -0.25) is 9.59 Å². The summed E-state index contributed by atoms with van der Waals surface area (Å²) in [5, 5.41) is 8.92. The molecule has 1 heterocycles. The molecule has 0 saturated heterocycles. The Labute approximate surface area is 160 Å². The molecule has 0 aliphatic heterocycles. The van der Waals surface area contributed by atoms with Crippen molar-refractivity contribution in [3.63, 3.8) is 0 Å². The zero-order valence-corrected chi connectivity index (χ0v) is 16.5. The van der Waals surface area contributed by atoms with Crippen LogP contribution in [0, 0.1) is 0 Å². The van der Waals surface area contributed by atoms with Gasteiger partial charge in [-0.2, -0.15) is 0 Å². The van der Waals surface area contributed by atoms with E-state index in [1.54, 1.807) is 18.2 Å². The third-order valence-corrected chi connectivity index (χ3v) is 4.80. The van der Waals surface area contributed by atoms with Gasteiger partial charge >= 0.3 is 11.9 Å². The van der Waals surface area contributed by atoms with Gasteiger partial charge < -0.3 is 14.4 Å². The predicted molar refractivity (Wildman–Crippen MR) is 98.7 cm³/mol. The molecular weight excluding hydrogens is 458 g/mol. The maximum Gasteiger partial charge on any atom is 0.335 e. The second-order valence-electron chi connectivity index (χ2n) is 5.28. The summed E-state index contributed by atoms with van der Waals surface area (Å²) in [6.45, 7) is 1.65. The fraction of sp³-hybridized carbons (Fsp3) is 0.235. The van der Waals surface area contributed by atoms with E-state index < -0.39 is 11.9 Å². The standard InChI is InChI=1S/C17H15Br2NO5/c1-10(21)25-9-15-13(18)8-14(19)16(22)20(15)7-6-11-2-4-12(5-3-11)17(23)24/h2-5,8H,6-7,9H2,1H3,(H,23,24). The largest absolute Gasteiger partial charge is 0.478 e. The molecule has 132 valence electrons. The second-order valence-corrected chi connectivity index (χ2v) is 6.98. The Bertz CT molecular complexity index is 859. The summed E-state index contributed by atoms with van der Waals surface area (Å²) in [5.41, 5.74) is 1.44. The van der Waals surface area contributed by atoms with E-state index in [0.717, 1.165) is 5.56 Å². The summed E-state index contributed by atoms with van der Waals surface area (Å²) in [6, 6.07) is 8.11. The summed E-state index contributed by atoms with van der Waals surface area (Å²) < 4.78 is 7.61. The minimum absolute atomic E-state index is 0.0175. The van der Waals surface area contributed by atoms with E-state index in [2.05, 4.69) is 31.9 Å². The van der Waals surface area contributed by atoms with Crippen LogP contribution in [0.2, 0.25) is 0 Å². The fourth-order valence-electron chi connectivity index (χ4n) is 2.24. The van der Waals surface area contributed by atoms with Crippen molar-refractivity contribution in [2.45, 2.75) is 26.5 Å². The zero-order chi connectivity index (χ0) is 18.6. The number of aryl methyl sites for hydroxylation is 1. The normalized spacial score (nSPS) is 10.5. The molecule has 0 amide bonds. The molecule has 6 nitrogen and oxygen atoms in total. The first-order chi connectivity index (χ1) is 11.8. The van der Waals surface area contributed by atoms with Crippen molar-refractivity contribution in [2.24, 2.45) is 0 Å². The van der Waals surface area contributed by atoms with Gasteiger partial charge in [0.15, 0.2) is 0 Å². The monoisotopic (exact) mass is 471 g/mol. The number of nitrogens with zero attached hydrogens (tertiary/aromatic N) is 1. The van der Waals surface area contributed by atoms with Crippen molar-refractivity contribution in [3.8, 4) is 0 Å². The third kappa shape index (κ3) is 5.02. The number of aromatic nitrogens is 1. The minimum atomic E-state index is -0.984. The topological polar surface area (TPSA) is 85.6 Å². The number of carboxylic acid groups (broad SMARTS) is 1. The number of halogens is 2. The van der Waals surface area contributed by atoms with Crippen LogP contribution in [0.4, 0.5) is 0 Å². The molecule has 0 spiro atoms. The highest BCUT2D eigenvalue weighted by atomic mass is 79.9. The fourth-order valence-corrected chi connectivity index (χ4v) is 3.55. The van der Waals surface area contributed by atoms with E-state index in [0.29, 0.717) is 27.6 Å². The number of carbonyl (C=O) groups is 2. The Morgan fingerprint density at radius 2 is 1.80 bits per heavy atom. The van der Waals surface area contributed by atoms with E-state index in [9.17, 15) is 14.4 Å². The van der Waals surface area contributed by atoms with Crippen LogP contribution in [0.15, 0.2) is 44.1 Å². The van der Waals surface area contributed by atoms with Gasteiger partial charge in [0, 0.05) is 17.9 Å². The molecule has 1 aromatic carbocycles. The van der Waals surface area contributed by atoms with Crippen LogP contribution in [0.1, 0.15) is 28.5 Å². The maximum absolute atomic E-state index is 12.4. The number of rotatable bonds is 6. The minimum Gasteiger partial charge on any atom is -0.478 e. The van der Waals surface area contributed by atoms with Crippen molar-refractivity contribution < 1.29 is 19.4 Å². The van der Waals surface area contributed by atoms with Crippen molar-refractivity contribution in [2.75, 3.05) is 0 Å².